The molecule has 0 unspecified atom stereocenters. The lowest BCUT2D eigenvalue weighted by atomic mass is 9.98. The third kappa shape index (κ3) is 4.52. The standard InChI is InChI=1S/C24H32N2O/c1-16-10-12-26(13-11-16)22-8-6-21(7-9-22)20(5)25-24(27)23-15-18(3)17(2)14-19(23)4/h6-9,14-16,20H,10-13H2,1-5H3,(H,25,27)/t20-/m1/s1. The second-order valence-corrected chi connectivity index (χ2v) is 8.21. The molecular formula is C24H32N2O. The van der Waals surface area contributed by atoms with Gasteiger partial charge in [-0.25, -0.2) is 0 Å². The molecule has 2 aromatic rings. The van der Waals surface area contributed by atoms with E-state index in [1.807, 2.05) is 19.9 Å². The van der Waals surface area contributed by atoms with Crippen LogP contribution >= 0.6 is 0 Å². The molecule has 0 bridgehead atoms. The molecule has 1 fully saturated rings. The van der Waals surface area contributed by atoms with Crippen LogP contribution in [-0.2, 0) is 0 Å². The van der Waals surface area contributed by atoms with Gasteiger partial charge in [-0.05, 0) is 86.9 Å². The SMILES string of the molecule is Cc1cc(C)c(C(=O)N[C@H](C)c2ccc(N3CCC(C)CC3)cc2)cc1C. The summed E-state index contributed by atoms with van der Waals surface area (Å²) < 4.78 is 0. The third-order valence-corrected chi connectivity index (χ3v) is 5.97. The van der Waals surface area contributed by atoms with Gasteiger partial charge in [-0.15, -0.1) is 0 Å². The highest BCUT2D eigenvalue weighted by atomic mass is 16.1. The molecule has 1 aliphatic rings. The van der Waals surface area contributed by atoms with Crippen molar-refractivity contribution < 1.29 is 4.79 Å². The Bertz CT molecular complexity index is 802. The summed E-state index contributed by atoms with van der Waals surface area (Å²) in [6.07, 6.45) is 2.53. The average molecular weight is 365 g/mol. The summed E-state index contributed by atoms with van der Waals surface area (Å²) in [4.78, 5) is 15.2. The number of anilines is 1. The molecule has 1 heterocycles. The van der Waals surface area contributed by atoms with Gasteiger partial charge in [0.25, 0.3) is 5.91 Å². The normalized spacial score (nSPS) is 16.3. The zero-order valence-electron chi connectivity index (χ0n) is 17.3. The van der Waals surface area contributed by atoms with Crippen molar-refractivity contribution in [2.45, 2.75) is 53.5 Å². The first-order valence-electron chi connectivity index (χ1n) is 10.1. The van der Waals surface area contributed by atoms with Crippen molar-refractivity contribution in [3.8, 4) is 0 Å². The molecule has 0 aromatic heterocycles. The monoisotopic (exact) mass is 364 g/mol. The molecule has 0 radical (unpaired) electrons. The quantitative estimate of drug-likeness (QED) is 0.794. The molecular weight excluding hydrogens is 332 g/mol. The van der Waals surface area contributed by atoms with E-state index in [0.717, 1.165) is 41.3 Å². The van der Waals surface area contributed by atoms with E-state index in [9.17, 15) is 4.79 Å². The summed E-state index contributed by atoms with van der Waals surface area (Å²) in [5, 5.41) is 3.15. The summed E-state index contributed by atoms with van der Waals surface area (Å²) in [7, 11) is 0. The van der Waals surface area contributed by atoms with Crippen LogP contribution in [0.2, 0.25) is 0 Å². The number of hydrogen-bond acceptors (Lipinski definition) is 2. The summed E-state index contributed by atoms with van der Waals surface area (Å²) >= 11 is 0. The second-order valence-electron chi connectivity index (χ2n) is 8.21. The molecule has 1 aliphatic heterocycles. The van der Waals surface area contributed by atoms with Gasteiger partial charge in [0.1, 0.15) is 0 Å². The van der Waals surface area contributed by atoms with Gasteiger partial charge in [-0.2, -0.15) is 0 Å². The summed E-state index contributed by atoms with van der Waals surface area (Å²) in [5.41, 5.74) is 6.59. The van der Waals surface area contributed by atoms with E-state index in [-0.39, 0.29) is 11.9 Å². The maximum Gasteiger partial charge on any atom is 0.252 e. The summed E-state index contributed by atoms with van der Waals surface area (Å²) in [5.74, 6) is 0.835. The smallest absolute Gasteiger partial charge is 0.252 e. The lowest BCUT2D eigenvalue weighted by Gasteiger charge is -2.32. The highest BCUT2D eigenvalue weighted by molar-refractivity contribution is 5.96. The van der Waals surface area contributed by atoms with Crippen molar-refractivity contribution in [3.05, 3.63) is 64.2 Å². The number of nitrogens with one attached hydrogen (secondary N) is 1. The highest BCUT2D eigenvalue weighted by Crippen LogP contribution is 2.25. The highest BCUT2D eigenvalue weighted by Gasteiger charge is 2.17. The van der Waals surface area contributed by atoms with Gasteiger partial charge in [0.2, 0.25) is 0 Å². The van der Waals surface area contributed by atoms with Crippen LogP contribution < -0.4 is 10.2 Å². The number of carbonyl (C=O) groups is 1. The van der Waals surface area contributed by atoms with Crippen molar-refractivity contribution in [3.63, 3.8) is 0 Å². The van der Waals surface area contributed by atoms with Crippen molar-refractivity contribution in [1.82, 2.24) is 5.32 Å². The summed E-state index contributed by atoms with van der Waals surface area (Å²) in [6, 6.07) is 12.7. The summed E-state index contributed by atoms with van der Waals surface area (Å²) in [6.45, 7) is 12.8. The van der Waals surface area contributed by atoms with E-state index in [0.29, 0.717) is 0 Å². The molecule has 2 aromatic carbocycles. The molecule has 1 amide bonds. The van der Waals surface area contributed by atoms with Gasteiger partial charge >= 0.3 is 0 Å². The molecule has 0 aliphatic carbocycles. The van der Waals surface area contributed by atoms with Crippen LogP contribution in [-0.4, -0.2) is 19.0 Å². The fraction of sp³-hybridized carbons (Fsp3) is 0.458. The van der Waals surface area contributed by atoms with Crippen molar-refractivity contribution >= 4 is 11.6 Å². The maximum atomic E-state index is 12.7. The van der Waals surface area contributed by atoms with Gasteiger partial charge in [-0.3, -0.25) is 4.79 Å². The Hall–Kier alpha value is -2.29. The largest absolute Gasteiger partial charge is 0.372 e. The number of rotatable bonds is 4. The van der Waals surface area contributed by atoms with E-state index < -0.39 is 0 Å². The Kier molecular flexibility index (Phi) is 5.88. The lowest BCUT2D eigenvalue weighted by Crippen LogP contribution is -2.32. The molecule has 1 N–H and O–H groups in total. The second kappa shape index (κ2) is 8.16. The first kappa shape index (κ1) is 19.5. The zero-order chi connectivity index (χ0) is 19.6. The van der Waals surface area contributed by atoms with Crippen LogP contribution in [0.1, 0.15) is 65.3 Å². The van der Waals surface area contributed by atoms with Crippen LogP contribution in [0.5, 0.6) is 0 Å². The Morgan fingerprint density at radius 3 is 2.22 bits per heavy atom. The first-order chi connectivity index (χ1) is 12.8. The van der Waals surface area contributed by atoms with Crippen molar-refractivity contribution in [2.24, 2.45) is 5.92 Å². The zero-order valence-corrected chi connectivity index (χ0v) is 17.3. The number of aryl methyl sites for hydroxylation is 3. The minimum Gasteiger partial charge on any atom is -0.372 e. The Labute approximate surface area is 163 Å². The first-order valence-corrected chi connectivity index (χ1v) is 10.1. The Balaban J connectivity index is 1.66. The number of amides is 1. The molecule has 0 spiro atoms. The van der Waals surface area contributed by atoms with Crippen LogP contribution in [0.3, 0.4) is 0 Å². The topological polar surface area (TPSA) is 32.3 Å². The van der Waals surface area contributed by atoms with Crippen LogP contribution in [0.15, 0.2) is 36.4 Å². The number of nitrogens with zero attached hydrogens (tertiary/aromatic N) is 1. The number of benzene rings is 2. The molecule has 144 valence electrons. The van der Waals surface area contributed by atoms with Crippen molar-refractivity contribution in [1.29, 1.82) is 0 Å². The fourth-order valence-corrected chi connectivity index (χ4v) is 3.80. The lowest BCUT2D eigenvalue weighted by molar-refractivity contribution is 0.0939. The fourth-order valence-electron chi connectivity index (χ4n) is 3.80. The predicted molar refractivity (Wildman–Crippen MR) is 114 cm³/mol. The minimum atomic E-state index is -0.0195. The van der Waals surface area contributed by atoms with Gasteiger partial charge < -0.3 is 10.2 Å². The van der Waals surface area contributed by atoms with Crippen LogP contribution in [0.4, 0.5) is 5.69 Å². The minimum absolute atomic E-state index is 0.00260. The van der Waals surface area contributed by atoms with Gasteiger partial charge in [0.15, 0.2) is 0 Å². The average Bonchev–Trinajstić information content (AvgIpc) is 2.65. The van der Waals surface area contributed by atoms with Gasteiger partial charge in [0, 0.05) is 24.3 Å². The van der Waals surface area contributed by atoms with E-state index in [2.05, 4.69) is 61.3 Å². The predicted octanol–water partition coefficient (Wildman–Crippen LogP) is 5.34. The Morgan fingerprint density at radius 2 is 1.59 bits per heavy atom. The van der Waals surface area contributed by atoms with E-state index in [1.165, 1.54) is 24.1 Å². The third-order valence-electron chi connectivity index (χ3n) is 5.97. The molecule has 1 saturated heterocycles. The van der Waals surface area contributed by atoms with E-state index >= 15 is 0 Å². The van der Waals surface area contributed by atoms with Crippen LogP contribution in [0, 0.1) is 26.7 Å². The number of hydrogen-bond donors (Lipinski definition) is 1. The molecule has 0 saturated carbocycles. The number of carbonyl (C=O) groups excluding carboxylic acids is 1. The molecule has 27 heavy (non-hydrogen) atoms. The van der Waals surface area contributed by atoms with Gasteiger partial charge in [0.05, 0.1) is 6.04 Å². The molecule has 3 nitrogen and oxygen atoms in total. The molecule has 3 rings (SSSR count). The number of piperidine rings is 1. The Morgan fingerprint density at radius 1 is 1.00 bits per heavy atom. The van der Waals surface area contributed by atoms with Gasteiger partial charge in [-0.1, -0.05) is 25.1 Å². The molecule has 3 heteroatoms. The van der Waals surface area contributed by atoms with E-state index in [4.69, 9.17) is 0 Å². The van der Waals surface area contributed by atoms with Crippen molar-refractivity contribution in [2.75, 3.05) is 18.0 Å². The maximum absolute atomic E-state index is 12.7. The van der Waals surface area contributed by atoms with Crippen LogP contribution in [0.25, 0.3) is 0 Å². The molecule has 1 atom stereocenters. The van der Waals surface area contributed by atoms with E-state index in [1.54, 1.807) is 0 Å².